The fraction of sp³-hybridized carbons (Fsp3) is 0.550. The second-order valence-corrected chi connectivity index (χ2v) is 7.97. The zero-order chi connectivity index (χ0) is 28.0. The van der Waals surface area contributed by atoms with Gasteiger partial charge in [0.1, 0.15) is 24.2 Å². The summed E-state index contributed by atoms with van der Waals surface area (Å²) in [5.74, 6) is -5.42. The lowest BCUT2D eigenvalue weighted by Crippen LogP contribution is -2.58. The molecule has 0 saturated heterocycles. The number of carboxylic acids is 2. The van der Waals surface area contributed by atoms with Gasteiger partial charge in [-0.25, -0.2) is 9.78 Å². The lowest BCUT2D eigenvalue weighted by atomic mass is 10.1. The molecule has 0 fully saturated rings. The third-order valence-electron chi connectivity index (χ3n) is 4.99. The number of guanidine groups is 1. The van der Waals surface area contributed by atoms with Gasteiger partial charge < -0.3 is 53.5 Å². The molecule has 17 heteroatoms. The molecule has 3 amide bonds. The number of amides is 3. The fourth-order valence-electron chi connectivity index (χ4n) is 3.03. The number of rotatable bonds is 17. The van der Waals surface area contributed by atoms with Crippen molar-refractivity contribution in [2.45, 2.75) is 56.3 Å². The minimum Gasteiger partial charge on any atom is -0.481 e. The predicted molar refractivity (Wildman–Crippen MR) is 128 cm³/mol. The van der Waals surface area contributed by atoms with Gasteiger partial charge in [-0.1, -0.05) is 0 Å². The average molecular weight is 528 g/mol. The summed E-state index contributed by atoms with van der Waals surface area (Å²) in [5, 5.41) is 34.4. The van der Waals surface area contributed by atoms with Gasteiger partial charge in [-0.3, -0.25) is 24.2 Å². The molecule has 4 atom stereocenters. The van der Waals surface area contributed by atoms with Crippen LogP contribution in [-0.4, -0.2) is 98.2 Å². The summed E-state index contributed by atoms with van der Waals surface area (Å²) < 4.78 is 0. The van der Waals surface area contributed by atoms with E-state index >= 15 is 0 Å². The van der Waals surface area contributed by atoms with Crippen LogP contribution in [0.4, 0.5) is 0 Å². The number of aliphatic hydroxyl groups excluding tert-OH is 1. The maximum atomic E-state index is 13.1. The lowest BCUT2D eigenvalue weighted by Gasteiger charge is -2.25. The van der Waals surface area contributed by atoms with E-state index in [0.717, 1.165) is 0 Å². The first-order valence-electron chi connectivity index (χ1n) is 11.2. The fourth-order valence-corrected chi connectivity index (χ4v) is 3.03. The minimum atomic E-state index is -1.52. The number of H-pyrrole nitrogens is 1. The van der Waals surface area contributed by atoms with E-state index in [-0.39, 0.29) is 38.2 Å². The number of carbonyl (C=O) groups excluding carboxylic acids is 3. The van der Waals surface area contributed by atoms with E-state index in [1.165, 1.54) is 12.5 Å². The van der Waals surface area contributed by atoms with Crippen LogP contribution in [-0.2, 0) is 30.4 Å². The molecule has 0 aliphatic heterocycles. The Balaban J connectivity index is 3.07. The summed E-state index contributed by atoms with van der Waals surface area (Å²) in [7, 11) is 0. The van der Waals surface area contributed by atoms with Crippen molar-refractivity contribution >= 4 is 35.6 Å². The summed E-state index contributed by atoms with van der Waals surface area (Å²) in [5.41, 5.74) is 16.5. The number of aliphatic hydroxyl groups is 1. The molecule has 1 aromatic rings. The Morgan fingerprint density at radius 3 is 2.14 bits per heavy atom. The highest BCUT2D eigenvalue weighted by molar-refractivity contribution is 5.94. The van der Waals surface area contributed by atoms with E-state index in [1.54, 1.807) is 0 Å². The standard InChI is InChI=1S/C20H33N9O8/c21-11(8-30)16(33)29-14(6-10-7-24-9-26-10)18(35)27-12(2-1-5-25-20(22)23)17(34)28-13(19(36)37)3-4-15(31)32/h7,9,11-14,30H,1-6,8,21H2,(H,24,26)(H,27,35)(H,28,34)(H,29,33)(H,31,32)(H,36,37)(H4,22,23,25). The normalized spacial score (nSPS) is 13.9. The maximum Gasteiger partial charge on any atom is 0.326 e. The van der Waals surface area contributed by atoms with Crippen molar-refractivity contribution in [3.05, 3.63) is 18.2 Å². The Morgan fingerprint density at radius 2 is 1.59 bits per heavy atom. The van der Waals surface area contributed by atoms with E-state index in [9.17, 15) is 29.1 Å². The van der Waals surface area contributed by atoms with Gasteiger partial charge in [0.25, 0.3) is 0 Å². The molecule has 0 aliphatic carbocycles. The Hall–Kier alpha value is -4.25. The molecule has 0 aromatic carbocycles. The Morgan fingerprint density at radius 1 is 0.973 bits per heavy atom. The molecular formula is C20H33N9O8. The van der Waals surface area contributed by atoms with Crippen molar-refractivity contribution < 1.29 is 39.3 Å². The number of aliphatic imine (C=N–C) groups is 1. The zero-order valence-electron chi connectivity index (χ0n) is 19.9. The zero-order valence-corrected chi connectivity index (χ0v) is 19.9. The quantitative estimate of drug-likeness (QED) is 0.0523. The van der Waals surface area contributed by atoms with E-state index < -0.39 is 66.9 Å². The highest BCUT2D eigenvalue weighted by Crippen LogP contribution is 2.06. The second-order valence-electron chi connectivity index (χ2n) is 7.97. The topological polar surface area (TPSA) is 301 Å². The van der Waals surface area contributed by atoms with Crippen molar-refractivity contribution in [3.8, 4) is 0 Å². The summed E-state index contributed by atoms with van der Waals surface area (Å²) in [6.07, 6.45) is 1.97. The van der Waals surface area contributed by atoms with Crippen molar-refractivity contribution in [1.29, 1.82) is 0 Å². The van der Waals surface area contributed by atoms with Crippen LogP contribution in [0.15, 0.2) is 17.5 Å². The van der Waals surface area contributed by atoms with Crippen LogP contribution in [0.1, 0.15) is 31.4 Å². The van der Waals surface area contributed by atoms with Crippen molar-refractivity contribution in [2.24, 2.45) is 22.2 Å². The number of nitrogens with one attached hydrogen (secondary N) is 4. The van der Waals surface area contributed by atoms with Gasteiger partial charge in [0.2, 0.25) is 17.7 Å². The van der Waals surface area contributed by atoms with Gasteiger partial charge in [0.15, 0.2) is 5.96 Å². The molecule has 1 aromatic heterocycles. The Bertz CT molecular complexity index is 950. The van der Waals surface area contributed by atoms with Gasteiger partial charge in [0, 0.05) is 31.3 Å². The minimum absolute atomic E-state index is 0.0273. The third-order valence-corrected chi connectivity index (χ3v) is 4.99. The van der Waals surface area contributed by atoms with Crippen molar-refractivity contribution in [1.82, 2.24) is 25.9 Å². The van der Waals surface area contributed by atoms with Crippen LogP contribution >= 0.6 is 0 Å². The number of imidazole rings is 1. The number of hydrogen-bond acceptors (Lipinski definition) is 9. The van der Waals surface area contributed by atoms with Gasteiger partial charge in [-0.2, -0.15) is 0 Å². The predicted octanol–water partition coefficient (Wildman–Crippen LogP) is -4.27. The average Bonchev–Trinajstić information content (AvgIpc) is 3.34. The molecule has 1 rings (SSSR count). The molecule has 17 nitrogen and oxygen atoms in total. The van der Waals surface area contributed by atoms with E-state index in [4.69, 9.17) is 27.4 Å². The highest BCUT2D eigenvalue weighted by atomic mass is 16.4. The Labute approximate surface area is 211 Å². The SMILES string of the molecule is NC(N)=NCCCC(NC(=O)C(Cc1cnc[nH]1)NC(=O)C(N)CO)C(=O)NC(CCC(=O)O)C(=O)O. The first-order valence-corrected chi connectivity index (χ1v) is 11.2. The van der Waals surface area contributed by atoms with Crippen molar-refractivity contribution in [3.63, 3.8) is 0 Å². The second kappa shape index (κ2) is 15.7. The molecule has 4 unspecified atom stereocenters. The van der Waals surface area contributed by atoms with Gasteiger partial charge in [-0.05, 0) is 19.3 Å². The number of nitrogens with zero attached hydrogens (tertiary/aromatic N) is 2. The molecule has 206 valence electrons. The van der Waals surface area contributed by atoms with Gasteiger partial charge in [0.05, 0.1) is 12.9 Å². The van der Waals surface area contributed by atoms with Crippen LogP contribution < -0.4 is 33.2 Å². The number of nitrogens with two attached hydrogens (primary N) is 3. The Kier molecular flexibility index (Phi) is 13.0. The summed E-state index contributed by atoms with van der Waals surface area (Å²) in [6.45, 7) is -0.573. The monoisotopic (exact) mass is 527 g/mol. The van der Waals surface area contributed by atoms with Crippen LogP contribution in [0.5, 0.6) is 0 Å². The van der Waals surface area contributed by atoms with E-state index in [1.807, 2.05) is 0 Å². The molecule has 0 radical (unpaired) electrons. The molecule has 0 spiro atoms. The molecule has 0 bridgehead atoms. The van der Waals surface area contributed by atoms with Crippen molar-refractivity contribution in [2.75, 3.05) is 13.2 Å². The molecule has 13 N–H and O–H groups in total. The first kappa shape index (κ1) is 30.8. The van der Waals surface area contributed by atoms with Crippen LogP contribution in [0.25, 0.3) is 0 Å². The largest absolute Gasteiger partial charge is 0.481 e. The van der Waals surface area contributed by atoms with Crippen LogP contribution in [0.3, 0.4) is 0 Å². The maximum absolute atomic E-state index is 13.1. The highest BCUT2D eigenvalue weighted by Gasteiger charge is 2.30. The number of aromatic amines is 1. The third kappa shape index (κ3) is 11.8. The van der Waals surface area contributed by atoms with Gasteiger partial charge >= 0.3 is 11.9 Å². The number of carbonyl (C=O) groups is 5. The smallest absolute Gasteiger partial charge is 0.326 e. The number of aromatic nitrogens is 2. The van der Waals surface area contributed by atoms with Crippen LogP contribution in [0, 0.1) is 0 Å². The summed E-state index contributed by atoms with van der Waals surface area (Å²) in [6, 6.07) is -5.37. The van der Waals surface area contributed by atoms with Crippen LogP contribution in [0.2, 0.25) is 0 Å². The summed E-state index contributed by atoms with van der Waals surface area (Å²) in [4.78, 5) is 71.0. The number of hydrogen-bond donors (Lipinski definition) is 10. The number of aliphatic carboxylic acids is 2. The van der Waals surface area contributed by atoms with E-state index in [2.05, 4.69) is 30.9 Å². The van der Waals surface area contributed by atoms with Gasteiger partial charge in [-0.15, -0.1) is 0 Å². The number of carboxylic acid groups (broad SMARTS) is 2. The molecule has 0 saturated carbocycles. The molecule has 37 heavy (non-hydrogen) atoms. The molecule has 1 heterocycles. The lowest BCUT2D eigenvalue weighted by molar-refractivity contribution is -0.143. The molecule has 0 aliphatic rings. The first-order chi connectivity index (χ1) is 17.4. The summed E-state index contributed by atoms with van der Waals surface area (Å²) >= 11 is 0. The molecular weight excluding hydrogens is 494 g/mol. The van der Waals surface area contributed by atoms with E-state index in [0.29, 0.717) is 5.69 Å².